The van der Waals surface area contributed by atoms with Crippen LogP contribution in [0, 0.1) is 0 Å². The molecule has 1 fully saturated rings. The monoisotopic (exact) mass is 351 g/mol. The van der Waals surface area contributed by atoms with Crippen molar-refractivity contribution in [2.45, 2.75) is 25.4 Å². The number of rotatable bonds is 7. The summed E-state index contributed by atoms with van der Waals surface area (Å²) in [4.78, 5) is 16.7. The van der Waals surface area contributed by atoms with Crippen LogP contribution in [0.2, 0.25) is 0 Å². The van der Waals surface area contributed by atoms with Gasteiger partial charge in [-0.1, -0.05) is 12.1 Å². The first-order valence-electron chi connectivity index (χ1n) is 8.48. The van der Waals surface area contributed by atoms with E-state index in [-0.39, 0.29) is 11.9 Å². The fourth-order valence-electron chi connectivity index (χ4n) is 3.04. The topological polar surface area (TPSA) is 58.8 Å². The van der Waals surface area contributed by atoms with E-state index in [1.807, 2.05) is 23.3 Å². The average Bonchev–Trinajstić information content (AvgIpc) is 2.65. The fourth-order valence-corrected chi connectivity index (χ4v) is 3.53. The van der Waals surface area contributed by atoms with Crippen LogP contribution in [-0.4, -0.2) is 67.0 Å². The number of amides is 1. The van der Waals surface area contributed by atoms with Gasteiger partial charge in [0.05, 0.1) is 13.2 Å². The first kappa shape index (κ1) is 19.1. The van der Waals surface area contributed by atoms with E-state index in [0.29, 0.717) is 6.04 Å². The lowest BCUT2D eigenvalue weighted by molar-refractivity contribution is -0.134. The lowest BCUT2D eigenvalue weighted by Gasteiger charge is -2.39. The zero-order valence-corrected chi connectivity index (χ0v) is 15.7. The second kappa shape index (κ2) is 9.30. The van der Waals surface area contributed by atoms with Gasteiger partial charge >= 0.3 is 0 Å². The molecule has 1 unspecified atom stereocenters. The highest BCUT2D eigenvalue weighted by Crippen LogP contribution is 2.25. The van der Waals surface area contributed by atoms with E-state index in [0.717, 1.165) is 44.1 Å². The summed E-state index contributed by atoms with van der Waals surface area (Å²) in [5, 5.41) is 0. The molecule has 1 heterocycles. The number of nitrogens with two attached hydrogens (primary N) is 1. The van der Waals surface area contributed by atoms with Crippen LogP contribution >= 0.6 is 11.8 Å². The van der Waals surface area contributed by atoms with Gasteiger partial charge in [0.2, 0.25) is 5.91 Å². The molecule has 2 rings (SSSR count). The zero-order chi connectivity index (χ0) is 17.5. The Morgan fingerprint density at radius 2 is 2.04 bits per heavy atom. The molecule has 1 aromatic carbocycles. The molecule has 24 heavy (non-hydrogen) atoms. The molecule has 1 amide bonds. The van der Waals surface area contributed by atoms with Crippen LogP contribution in [0.1, 0.15) is 24.9 Å². The van der Waals surface area contributed by atoms with E-state index in [1.165, 1.54) is 5.56 Å². The predicted molar refractivity (Wildman–Crippen MR) is 101 cm³/mol. The maximum Gasteiger partial charge on any atom is 0.239 e. The number of thioether (sulfide) groups is 1. The number of methoxy groups -OCH3 is 1. The van der Waals surface area contributed by atoms with Gasteiger partial charge in [-0.05, 0) is 43.0 Å². The smallest absolute Gasteiger partial charge is 0.239 e. The van der Waals surface area contributed by atoms with Gasteiger partial charge in [-0.3, -0.25) is 9.69 Å². The molecule has 0 bridgehead atoms. The number of nitrogens with zero attached hydrogens (tertiary/aromatic N) is 2. The van der Waals surface area contributed by atoms with E-state index in [2.05, 4.69) is 24.0 Å². The summed E-state index contributed by atoms with van der Waals surface area (Å²) in [6.45, 7) is 5.45. The predicted octanol–water partition coefficient (Wildman–Crippen LogP) is 1.98. The van der Waals surface area contributed by atoms with E-state index in [1.54, 1.807) is 18.9 Å². The normalized spacial score (nSPS) is 18.2. The molecule has 1 aliphatic rings. The highest BCUT2D eigenvalue weighted by molar-refractivity contribution is 7.98. The number of ether oxygens (including phenoxy) is 1. The van der Waals surface area contributed by atoms with Crippen LogP contribution < -0.4 is 10.5 Å². The molecule has 2 N–H and O–H groups in total. The molecule has 2 atom stereocenters. The minimum absolute atomic E-state index is 0.0951. The summed E-state index contributed by atoms with van der Waals surface area (Å²) in [6.07, 6.45) is 2.79. The summed E-state index contributed by atoms with van der Waals surface area (Å²) < 4.78 is 5.31. The summed E-state index contributed by atoms with van der Waals surface area (Å²) in [7, 11) is 1.69. The van der Waals surface area contributed by atoms with Crippen LogP contribution in [0.5, 0.6) is 5.75 Å². The molecule has 6 heteroatoms. The van der Waals surface area contributed by atoms with Gasteiger partial charge in [0.15, 0.2) is 0 Å². The number of carbonyl (C=O) groups is 1. The number of hydrogen-bond acceptors (Lipinski definition) is 5. The van der Waals surface area contributed by atoms with E-state index in [9.17, 15) is 4.79 Å². The van der Waals surface area contributed by atoms with Crippen LogP contribution in [0.4, 0.5) is 0 Å². The molecule has 5 nitrogen and oxygen atoms in total. The molecular weight excluding hydrogens is 322 g/mol. The summed E-state index contributed by atoms with van der Waals surface area (Å²) >= 11 is 1.73. The van der Waals surface area contributed by atoms with Crippen molar-refractivity contribution >= 4 is 17.7 Å². The first-order chi connectivity index (χ1) is 11.6. The van der Waals surface area contributed by atoms with Gasteiger partial charge in [0, 0.05) is 32.2 Å². The van der Waals surface area contributed by atoms with E-state index >= 15 is 0 Å². The van der Waals surface area contributed by atoms with Gasteiger partial charge < -0.3 is 15.4 Å². The van der Waals surface area contributed by atoms with Crippen molar-refractivity contribution in [1.82, 2.24) is 9.80 Å². The van der Waals surface area contributed by atoms with Crippen molar-refractivity contribution in [2.24, 2.45) is 5.73 Å². The minimum Gasteiger partial charge on any atom is -0.497 e. The van der Waals surface area contributed by atoms with Gasteiger partial charge in [-0.15, -0.1) is 0 Å². The SMILES string of the molecule is COc1cccc(C(C)N2CCN(C(=O)[C@@H](N)CCSC)CC2)c1. The van der Waals surface area contributed by atoms with Gasteiger partial charge in [0.1, 0.15) is 5.75 Å². The van der Waals surface area contributed by atoms with Crippen LogP contribution in [0.3, 0.4) is 0 Å². The van der Waals surface area contributed by atoms with Crippen molar-refractivity contribution in [3.8, 4) is 5.75 Å². The van der Waals surface area contributed by atoms with E-state index in [4.69, 9.17) is 10.5 Å². The van der Waals surface area contributed by atoms with Crippen LogP contribution in [-0.2, 0) is 4.79 Å². The van der Waals surface area contributed by atoms with Crippen molar-refractivity contribution < 1.29 is 9.53 Å². The molecule has 0 radical (unpaired) electrons. The molecule has 0 aliphatic carbocycles. The van der Waals surface area contributed by atoms with Gasteiger partial charge in [-0.25, -0.2) is 0 Å². The third-order valence-electron chi connectivity index (χ3n) is 4.70. The average molecular weight is 352 g/mol. The number of piperazine rings is 1. The lowest BCUT2D eigenvalue weighted by Crippen LogP contribution is -2.53. The largest absolute Gasteiger partial charge is 0.497 e. The number of benzene rings is 1. The molecule has 0 spiro atoms. The summed E-state index contributed by atoms with van der Waals surface area (Å²) in [5.74, 6) is 1.91. The Balaban J connectivity index is 1.88. The van der Waals surface area contributed by atoms with Crippen molar-refractivity contribution in [3.63, 3.8) is 0 Å². The van der Waals surface area contributed by atoms with Crippen molar-refractivity contribution in [1.29, 1.82) is 0 Å². The maximum absolute atomic E-state index is 12.4. The Morgan fingerprint density at radius 3 is 2.67 bits per heavy atom. The Bertz CT molecular complexity index is 533. The maximum atomic E-state index is 12.4. The molecular formula is C18H29N3O2S. The Morgan fingerprint density at radius 1 is 1.33 bits per heavy atom. The standard InChI is InChI=1S/C18H29N3O2S/c1-14(15-5-4-6-16(13-15)23-2)20-8-10-21(11-9-20)18(22)17(19)7-12-24-3/h4-6,13-14,17H,7-12,19H2,1-3H3/t14?,17-/m0/s1. The first-order valence-corrected chi connectivity index (χ1v) is 9.87. The summed E-state index contributed by atoms with van der Waals surface area (Å²) in [6, 6.07) is 8.14. The number of carbonyl (C=O) groups excluding carboxylic acids is 1. The Kier molecular flexibility index (Phi) is 7.40. The third kappa shape index (κ3) is 4.88. The van der Waals surface area contributed by atoms with Crippen molar-refractivity contribution in [3.05, 3.63) is 29.8 Å². The Hall–Kier alpha value is -1.24. The van der Waals surface area contributed by atoms with Gasteiger partial charge in [0.25, 0.3) is 0 Å². The summed E-state index contributed by atoms with van der Waals surface area (Å²) in [5.41, 5.74) is 7.26. The van der Waals surface area contributed by atoms with Crippen molar-refractivity contribution in [2.75, 3.05) is 45.3 Å². The highest BCUT2D eigenvalue weighted by atomic mass is 32.2. The second-order valence-corrected chi connectivity index (χ2v) is 7.19. The molecule has 1 saturated heterocycles. The second-order valence-electron chi connectivity index (χ2n) is 6.20. The lowest BCUT2D eigenvalue weighted by atomic mass is 10.1. The molecule has 1 aliphatic heterocycles. The van der Waals surface area contributed by atoms with Crippen LogP contribution in [0.15, 0.2) is 24.3 Å². The van der Waals surface area contributed by atoms with Gasteiger partial charge in [-0.2, -0.15) is 11.8 Å². The van der Waals surface area contributed by atoms with E-state index < -0.39 is 0 Å². The fraction of sp³-hybridized carbons (Fsp3) is 0.611. The Labute approximate surface area is 149 Å². The van der Waals surface area contributed by atoms with Crippen LogP contribution in [0.25, 0.3) is 0 Å². The minimum atomic E-state index is -0.361. The molecule has 0 aromatic heterocycles. The zero-order valence-electron chi connectivity index (χ0n) is 14.9. The third-order valence-corrected chi connectivity index (χ3v) is 5.34. The highest BCUT2D eigenvalue weighted by Gasteiger charge is 2.27. The molecule has 1 aromatic rings. The molecule has 134 valence electrons. The quantitative estimate of drug-likeness (QED) is 0.814. The molecule has 0 saturated carbocycles. The number of hydrogen-bond donors (Lipinski definition) is 1.